The molecule has 1 aliphatic heterocycles. The Balaban J connectivity index is 2.09. The molecule has 6 nitrogen and oxygen atoms in total. The van der Waals surface area contributed by atoms with Gasteiger partial charge in [-0.15, -0.1) is 0 Å². The summed E-state index contributed by atoms with van der Waals surface area (Å²) in [5, 5.41) is 3.95. The molecule has 0 radical (unpaired) electrons. The van der Waals surface area contributed by atoms with E-state index >= 15 is 0 Å². The summed E-state index contributed by atoms with van der Waals surface area (Å²) >= 11 is 0. The molecule has 0 aliphatic carbocycles. The summed E-state index contributed by atoms with van der Waals surface area (Å²) in [5.74, 6) is 0.934. The monoisotopic (exact) mass is 350 g/mol. The summed E-state index contributed by atoms with van der Waals surface area (Å²) in [6.07, 6.45) is 2.85. The fraction of sp³-hybridized carbons (Fsp3) is 0.471. The molecule has 24 heavy (non-hydrogen) atoms. The maximum atomic E-state index is 13.0. The van der Waals surface area contributed by atoms with Crippen molar-refractivity contribution < 1.29 is 17.7 Å². The largest absolute Gasteiger partial charge is 0.495 e. The molecular weight excluding hydrogens is 328 g/mol. The van der Waals surface area contributed by atoms with Crippen molar-refractivity contribution in [3.8, 4) is 17.1 Å². The fourth-order valence-corrected chi connectivity index (χ4v) is 4.65. The molecule has 0 N–H and O–H groups in total. The smallest absolute Gasteiger partial charge is 0.246 e. The van der Waals surface area contributed by atoms with E-state index in [2.05, 4.69) is 5.16 Å². The third-order valence-corrected chi connectivity index (χ3v) is 6.44. The number of benzene rings is 1. The Morgan fingerprint density at radius 2 is 1.88 bits per heavy atom. The van der Waals surface area contributed by atoms with Crippen molar-refractivity contribution in [2.24, 2.45) is 0 Å². The molecule has 0 atom stereocenters. The van der Waals surface area contributed by atoms with E-state index in [4.69, 9.17) is 9.26 Å². The van der Waals surface area contributed by atoms with Crippen LogP contribution in [0.5, 0.6) is 5.75 Å². The minimum Gasteiger partial charge on any atom is -0.495 e. The Kier molecular flexibility index (Phi) is 4.64. The number of hydrogen-bond acceptors (Lipinski definition) is 5. The second-order valence-electron chi connectivity index (χ2n) is 6.05. The van der Waals surface area contributed by atoms with Crippen LogP contribution in [0.15, 0.2) is 27.6 Å². The normalized spacial score (nSPS) is 16.3. The van der Waals surface area contributed by atoms with E-state index in [9.17, 15) is 8.42 Å². The SMILES string of the molecule is COc1ccc(-c2onc(C)c2C)cc1S(=O)(=O)N1CCCCC1. The van der Waals surface area contributed by atoms with Gasteiger partial charge in [0.2, 0.25) is 10.0 Å². The minimum absolute atomic E-state index is 0.179. The molecule has 0 saturated carbocycles. The Morgan fingerprint density at radius 3 is 2.46 bits per heavy atom. The van der Waals surface area contributed by atoms with Crippen LogP contribution in [-0.2, 0) is 10.0 Å². The van der Waals surface area contributed by atoms with Gasteiger partial charge < -0.3 is 9.26 Å². The first-order valence-corrected chi connectivity index (χ1v) is 9.50. The van der Waals surface area contributed by atoms with E-state index in [0.29, 0.717) is 30.2 Å². The molecule has 1 fully saturated rings. The Hall–Kier alpha value is -1.86. The van der Waals surface area contributed by atoms with Crippen LogP contribution in [0.2, 0.25) is 0 Å². The summed E-state index contributed by atoms with van der Waals surface area (Å²) in [4.78, 5) is 0.179. The van der Waals surface area contributed by atoms with Gasteiger partial charge in [-0.05, 0) is 44.9 Å². The number of aromatic nitrogens is 1. The molecule has 2 aromatic rings. The highest BCUT2D eigenvalue weighted by Gasteiger charge is 2.29. The predicted molar refractivity (Wildman–Crippen MR) is 90.6 cm³/mol. The van der Waals surface area contributed by atoms with E-state index in [1.165, 1.54) is 11.4 Å². The molecule has 130 valence electrons. The number of nitrogens with zero attached hydrogens (tertiary/aromatic N) is 2. The number of piperidine rings is 1. The average Bonchev–Trinajstić information content (AvgIpc) is 2.94. The first-order chi connectivity index (χ1) is 11.4. The topological polar surface area (TPSA) is 72.6 Å². The van der Waals surface area contributed by atoms with Gasteiger partial charge in [-0.25, -0.2) is 8.42 Å². The van der Waals surface area contributed by atoms with Crippen molar-refractivity contribution in [3.05, 3.63) is 29.5 Å². The van der Waals surface area contributed by atoms with Gasteiger partial charge in [0.15, 0.2) is 5.76 Å². The first-order valence-electron chi connectivity index (χ1n) is 8.06. The van der Waals surface area contributed by atoms with Crippen LogP contribution in [0.25, 0.3) is 11.3 Å². The van der Waals surface area contributed by atoms with Crippen LogP contribution in [0.1, 0.15) is 30.5 Å². The first kappa shape index (κ1) is 17.0. The second kappa shape index (κ2) is 6.57. The van der Waals surface area contributed by atoms with Crippen molar-refractivity contribution in [3.63, 3.8) is 0 Å². The highest BCUT2D eigenvalue weighted by atomic mass is 32.2. The molecule has 3 rings (SSSR count). The molecule has 0 spiro atoms. The molecule has 0 unspecified atom stereocenters. The van der Waals surface area contributed by atoms with Gasteiger partial charge >= 0.3 is 0 Å². The van der Waals surface area contributed by atoms with E-state index in [1.54, 1.807) is 18.2 Å². The third kappa shape index (κ3) is 2.93. The van der Waals surface area contributed by atoms with Crippen LogP contribution in [0.3, 0.4) is 0 Å². The Bertz CT molecular complexity index is 836. The lowest BCUT2D eigenvalue weighted by Crippen LogP contribution is -2.35. The van der Waals surface area contributed by atoms with Gasteiger partial charge in [-0.3, -0.25) is 0 Å². The summed E-state index contributed by atoms with van der Waals surface area (Å²) in [7, 11) is -2.11. The van der Waals surface area contributed by atoms with Crippen molar-refractivity contribution in [2.75, 3.05) is 20.2 Å². The number of methoxy groups -OCH3 is 1. The van der Waals surface area contributed by atoms with E-state index in [-0.39, 0.29) is 4.90 Å². The molecule has 1 saturated heterocycles. The zero-order chi connectivity index (χ0) is 17.3. The summed E-state index contributed by atoms with van der Waals surface area (Å²) < 4.78 is 38.3. The Labute approximate surface area is 142 Å². The molecular formula is C17H22N2O4S. The Morgan fingerprint density at radius 1 is 1.17 bits per heavy atom. The van der Waals surface area contributed by atoms with Crippen molar-refractivity contribution in [1.82, 2.24) is 9.46 Å². The van der Waals surface area contributed by atoms with Crippen LogP contribution in [-0.4, -0.2) is 38.1 Å². The predicted octanol–water partition coefficient (Wildman–Crippen LogP) is 3.14. The van der Waals surface area contributed by atoms with Crippen molar-refractivity contribution >= 4 is 10.0 Å². The van der Waals surface area contributed by atoms with Gasteiger partial charge in [0.05, 0.1) is 12.8 Å². The van der Waals surface area contributed by atoms with E-state index in [1.807, 2.05) is 13.8 Å². The summed E-state index contributed by atoms with van der Waals surface area (Å²) in [5.41, 5.74) is 2.38. The van der Waals surface area contributed by atoms with Crippen LogP contribution in [0.4, 0.5) is 0 Å². The highest BCUT2D eigenvalue weighted by molar-refractivity contribution is 7.89. The molecule has 1 aliphatic rings. The summed E-state index contributed by atoms with van der Waals surface area (Å²) in [6, 6.07) is 5.08. The molecule has 7 heteroatoms. The zero-order valence-corrected chi connectivity index (χ0v) is 15.0. The molecule has 0 amide bonds. The van der Waals surface area contributed by atoms with Crippen molar-refractivity contribution in [2.45, 2.75) is 38.0 Å². The molecule has 1 aromatic carbocycles. The maximum absolute atomic E-state index is 13.0. The molecule has 0 bridgehead atoms. The lowest BCUT2D eigenvalue weighted by molar-refractivity contribution is 0.342. The van der Waals surface area contributed by atoms with Gasteiger partial charge in [0.1, 0.15) is 10.6 Å². The standard InChI is InChI=1S/C17H22N2O4S/c1-12-13(2)18-23-17(12)14-7-8-15(22-3)16(11-14)24(20,21)19-9-5-4-6-10-19/h7-8,11H,4-6,9-10H2,1-3H3. The van der Waals surface area contributed by atoms with Gasteiger partial charge in [0, 0.05) is 24.2 Å². The molecule has 1 aromatic heterocycles. The fourth-order valence-electron chi connectivity index (χ4n) is 2.95. The number of sulfonamides is 1. The van der Waals surface area contributed by atoms with Gasteiger partial charge in [0.25, 0.3) is 0 Å². The van der Waals surface area contributed by atoms with E-state index < -0.39 is 10.0 Å². The average molecular weight is 350 g/mol. The van der Waals surface area contributed by atoms with Gasteiger partial charge in [-0.2, -0.15) is 4.31 Å². The minimum atomic E-state index is -3.60. The van der Waals surface area contributed by atoms with Gasteiger partial charge in [-0.1, -0.05) is 11.6 Å². The molecule has 2 heterocycles. The quantitative estimate of drug-likeness (QED) is 0.847. The number of aryl methyl sites for hydroxylation is 1. The lowest BCUT2D eigenvalue weighted by atomic mass is 10.1. The number of ether oxygens (including phenoxy) is 1. The third-order valence-electron chi connectivity index (χ3n) is 4.52. The van der Waals surface area contributed by atoms with Crippen LogP contribution in [0, 0.1) is 13.8 Å². The maximum Gasteiger partial charge on any atom is 0.246 e. The van der Waals surface area contributed by atoms with E-state index in [0.717, 1.165) is 30.5 Å². The second-order valence-corrected chi connectivity index (χ2v) is 7.96. The zero-order valence-electron chi connectivity index (χ0n) is 14.2. The van der Waals surface area contributed by atoms with Crippen LogP contribution < -0.4 is 4.74 Å². The van der Waals surface area contributed by atoms with Crippen molar-refractivity contribution in [1.29, 1.82) is 0 Å². The number of rotatable bonds is 4. The highest BCUT2D eigenvalue weighted by Crippen LogP contribution is 2.34. The summed E-state index contributed by atoms with van der Waals surface area (Å²) in [6.45, 7) is 4.87. The number of hydrogen-bond donors (Lipinski definition) is 0. The lowest BCUT2D eigenvalue weighted by Gasteiger charge is -2.26. The van der Waals surface area contributed by atoms with Crippen LogP contribution >= 0.6 is 0 Å².